The Morgan fingerprint density at radius 1 is 1.14 bits per heavy atom. The number of hydrogen-bond donors (Lipinski definition) is 2. The molecule has 0 aliphatic carbocycles. The first kappa shape index (κ1) is 27.0. The van der Waals surface area contributed by atoms with E-state index in [1.807, 2.05) is 0 Å². The number of nitrogens with zero attached hydrogens (tertiary/aromatic N) is 3. The molecule has 1 aliphatic heterocycles. The summed E-state index contributed by atoms with van der Waals surface area (Å²) in [6.45, 7) is 4.05. The molecule has 1 fully saturated rings. The minimum absolute atomic E-state index is 0.0465. The van der Waals surface area contributed by atoms with Crippen molar-refractivity contribution in [2.24, 2.45) is 5.10 Å². The number of hydrazone groups is 1. The molecule has 2 N–H and O–H groups in total. The van der Waals surface area contributed by atoms with Gasteiger partial charge < -0.3 is 19.4 Å². The van der Waals surface area contributed by atoms with Crippen LogP contribution in [0.25, 0.3) is 0 Å². The van der Waals surface area contributed by atoms with Gasteiger partial charge in [0.05, 0.1) is 23.8 Å². The summed E-state index contributed by atoms with van der Waals surface area (Å²) in [6.07, 6.45) is -2.99. The predicted molar refractivity (Wildman–Crippen MR) is 126 cm³/mol. The fraction of sp³-hybridized carbons (Fsp3) is 0.409. The molecule has 0 atom stereocenters. The lowest BCUT2D eigenvalue weighted by Gasteiger charge is -2.29. The van der Waals surface area contributed by atoms with E-state index in [-0.39, 0.29) is 41.0 Å². The van der Waals surface area contributed by atoms with Crippen molar-refractivity contribution >= 4 is 40.9 Å². The van der Waals surface area contributed by atoms with E-state index < -0.39 is 29.2 Å². The topological polar surface area (TPSA) is 126 Å². The lowest BCUT2D eigenvalue weighted by Crippen LogP contribution is -2.35. The van der Waals surface area contributed by atoms with Crippen LogP contribution >= 0.6 is 11.6 Å². The molecular weight excluding hydrogens is 507 g/mol. The van der Waals surface area contributed by atoms with Crippen LogP contribution in [0.1, 0.15) is 53.0 Å². The zero-order valence-electron chi connectivity index (χ0n) is 19.4. The Kier molecular flexibility index (Phi) is 8.56. The number of ether oxygens (including phenoxy) is 2. The number of carbonyl (C=O) groups is 2. The first-order chi connectivity index (χ1) is 17.0. The molecule has 0 amide bonds. The molecule has 0 unspecified atom stereocenters. The first-order valence-electron chi connectivity index (χ1n) is 11.0. The average molecular weight is 530 g/mol. The Morgan fingerprint density at radius 3 is 2.31 bits per heavy atom. The second-order valence-electron chi connectivity index (χ2n) is 7.55. The molecule has 0 bridgehead atoms. The van der Waals surface area contributed by atoms with E-state index in [1.54, 1.807) is 18.7 Å². The van der Waals surface area contributed by atoms with Gasteiger partial charge in [0, 0.05) is 37.8 Å². The molecule has 10 nitrogen and oxygen atoms in total. The van der Waals surface area contributed by atoms with Crippen molar-refractivity contribution in [2.45, 2.75) is 32.9 Å². The van der Waals surface area contributed by atoms with Crippen LogP contribution in [0, 0.1) is 0 Å². The summed E-state index contributed by atoms with van der Waals surface area (Å²) in [5, 5.41) is 4.14. The summed E-state index contributed by atoms with van der Waals surface area (Å²) >= 11 is 6.03. The Morgan fingerprint density at radius 2 is 1.75 bits per heavy atom. The second kappa shape index (κ2) is 11.4. The highest BCUT2D eigenvalue weighted by Gasteiger charge is 2.32. The van der Waals surface area contributed by atoms with Gasteiger partial charge in [-0.25, -0.2) is 14.6 Å². The van der Waals surface area contributed by atoms with Crippen molar-refractivity contribution in [1.29, 1.82) is 0 Å². The van der Waals surface area contributed by atoms with Crippen molar-refractivity contribution < 1.29 is 32.2 Å². The highest BCUT2D eigenvalue weighted by Crippen LogP contribution is 2.34. The van der Waals surface area contributed by atoms with Gasteiger partial charge >= 0.3 is 18.1 Å². The summed E-state index contributed by atoms with van der Waals surface area (Å²) < 4.78 is 48.4. The molecule has 2 aromatic heterocycles. The van der Waals surface area contributed by atoms with E-state index in [1.165, 1.54) is 0 Å². The largest absolute Gasteiger partial charge is 0.462 e. The number of H-pyrrole nitrogens is 1. The number of esters is 2. The maximum absolute atomic E-state index is 12.9. The molecule has 0 aromatic carbocycles. The summed E-state index contributed by atoms with van der Waals surface area (Å²) in [5.74, 6) is -1.49. The van der Waals surface area contributed by atoms with Crippen molar-refractivity contribution in [3.8, 4) is 0 Å². The van der Waals surface area contributed by atoms with Crippen molar-refractivity contribution in [3.63, 3.8) is 0 Å². The van der Waals surface area contributed by atoms with Crippen LogP contribution in [0.5, 0.6) is 0 Å². The van der Waals surface area contributed by atoms with Gasteiger partial charge in [-0.15, -0.1) is 0 Å². The molecule has 3 heterocycles. The SMILES string of the molecule is CCOC(=O)c1cc(C(=O)OCC)c(=O)[nH]c1NN=C1CCN(c2ncc(C(F)(F)F)cc2Cl)CC1. The molecule has 194 valence electrons. The van der Waals surface area contributed by atoms with Crippen LogP contribution < -0.4 is 15.9 Å². The number of nitrogens with one attached hydrogen (secondary N) is 2. The smallest absolute Gasteiger partial charge is 0.417 e. The predicted octanol–water partition coefficient (Wildman–Crippen LogP) is 3.86. The monoisotopic (exact) mass is 529 g/mol. The number of piperidine rings is 1. The van der Waals surface area contributed by atoms with Gasteiger partial charge in [-0.05, 0) is 26.0 Å². The zero-order chi connectivity index (χ0) is 26.5. The summed E-state index contributed by atoms with van der Waals surface area (Å²) in [7, 11) is 0. The summed E-state index contributed by atoms with van der Waals surface area (Å²) in [5.41, 5.74) is 1.14. The number of halogens is 4. The van der Waals surface area contributed by atoms with E-state index in [2.05, 4.69) is 20.5 Å². The highest BCUT2D eigenvalue weighted by atomic mass is 35.5. The number of rotatable bonds is 7. The average Bonchev–Trinajstić information content (AvgIpc) is 2.82. The van der Waals surface area contributed by atoms with Gasteiger partial charge in [-0.3, -0.25) is 10.2 Å². The number of carbonyl (C=O) groups excluding carboxylic acids is 2. The van der Waals surface area contributed by atoms with E-state index in [0.717, 1.165) is 18.3 Å². The van der Waals surface area contributed by atoms with Gasteiger partial charge in [0.25, 0.3) is 5.56 Å². The molecule has 1 aliphatic rings. The zero-order valence-corrected chi connectivity index (χ0v) is 20.1. The number of anilines is 2. The van der Waals surface area contributed by atoms with Gasteiger partial charge in [0.15, 0.2) is 0 Å². The standard InChI is InChI=1S/C22H23ClF3N5O5/c1-3-35-20(33)14-10-15(21(34)36-4-2)19(32)28-17(14)30-29-13-5-7-31(8-6-13)18-16(23)9-12(11-27-18)22(24,25)26/h9-11H,3-8H2,1-2H3,(H2,28,30,32). The van der Waals surface area contributed by atoms with Gasteiger partial charge in [-0.1, -0.05) is 11.6 Å². The minimum Gasteiger partial charge on any atom is -0.462 e. The van der Waals surface area contributed by atoms with E-state index in [0.29, 0.717) is 31.6 Å². The molecular formula is C22H23ClF3N5O5. The molecule has 2 aromatic rings. The Hall–Kier alpha value is -3.61. The third-order valence-corrected chi connectivity index (χ3v) is 5.43. The third kappa shape index (κ3) is 6.33. The number of aromatic nitrogens is 2. The Labute approximate surface area is 208 Å². The van der Waals surface area contributed by atoms with Crippen LogP contribution in [0.15, 0.2) is 28.2 Å². The van der Waals surface area contributed by atoms with Crippen LogP contribution in [0.4, 0.5) is 24.8 Å². The Bertz CT molecular complexity index is 1220. The molecule has 0 saturated carbocycles. The number of hydrogen-bond acceptors (Lipinski definition) is 9. The van der Waals surface area contributed by atoms with Gasteiger partial charge in [0.1, 0.15) is 22.8 Å². The van der Waals surface area contributed by atoms with Crippen LogP contribution in [0.3, 0.4) is 0 Å². The molecule has 0 radical (unpaired) electrons. The van der Waals surface area contributed by atoms with Gasteiger partial charge in [-0.2, -0.15) is 18.3 Å². The van der Waals surface area contributed by atoms with Crippen molar-refractivity contribution in [2.75, 3.05) is 36.6 Å². The third-order valence-electron chi connectivity index (χ3n) is 5.15. The normalized spacial score (nSPS) is 13.8. The van der Waals surface area contributed by atoms with E-state index >= 15 is 0 Å². The maximum Gasteiger partial charge on any atom is 0.417 e. The maximum atomic E-state index is 12.9. The fourth-order valence-electron chi connectivity index (χ4n) is 3.39. The Balaban J connectivity index is 1.75. The summed E-state index contributed by atoms with van der Waals surface area (Å²) in [6, 6.07) is 1.92. The fourth-order valence-corrected chi connectivity index (χ4v) is 3.68. The number of pyridine rings is 2. The molecule has 1 saturated heterocycles. The number of alkyl halides is 3. The second-order valence-corrected chi connectivity index (χ2v) is 7.95. The van der Waals surface area contributed by atoms with E-state index in [9.17, 15) is 27.6 Å². The number of aromatic amines is 1. The minimum atomic E-state index is -4.54. The van der Waals surface area contributed by atoms with Crippen molar-refractivity contribution in [3.05, 3.63) is 50.4 Å². The lowest BCUT2D eigenvalue weighted by atomic mass is 10.1. The van der Waals surface area contributed by atoms with Gasteiger partial charge in [0.2, 0.25) is 0 Å². The molecule has 36 heavy (non-hydrogen) atoms. The molecule has 0 spiro atoms. The molecule has 3 rings (SSSR count). The molecule has 14 heteroatoms. The van der Waals surface area contributed by atoms with Crippen molar-refractivity contribution in [1.82, 2.24) is 9.97 Å². The van der Waals surface area contributed by atoms with Crippen LogP contribution in [-0.4, -0.2) is 53.9 Å². The van der Waals surface area contributed by atoms with Crippen LogP contribution in [0.2, 0.25) is 5.02 Å². The highest BCUT2D eigenvalue weighted by molar-refractivity contribution is 6.33. The van der Waals surface area contributed by atoms with Crippen LogP contribution in [-0.2, 0) is 15.7 Å². The quantitative estimate of drug-likeness (QED) is 0.409. The lowest BCUT2D eigenvalue weighted by molar-refractivity contribution is -0.137. The summed E-state index contributed by atoms with van der Waals surface area (Å²) in [4.78, 5) is 44.8. The first-order valence-corrected chi connectivity index (χ1v) is 11.3. The van der Waals surface area contributed by atoms with E-state index in [4.69, 9.17) is 21.1 Å².